The third-order valence-electron chi connectivity index (χ3n) is 11.7. The van der Waals surface area contributed by atoms with Crippen LogP contribution in [-0.2, 0) is 65.7 Å². The summed E-state index contributed by atoms with van der Waals surface area (Å²) >= 11 is 1.15. The Hall–Kier alpha value is -7.24. The SMILES string of the molecule is CC[C@H](C)[C@@H]1NC(=O)[C@H](Cc2ccc(O)cc2)NC(=O)CCCSC[C@@H](C(=O)N(CC(=O)N[C@@H](CC(C)C)C(=O)NCC(N)=O)Cc2cccc(C)c2)NC(=O)[C@H](CC(N)=O)NC(=O)[C@H](CCC(N)=O)NC1=O. The van der Waals surface area contributed by atoms with Crippen LogP contribution in [0.5, 0.6) is 5.75 Å². The van der Waals surface area contributed by atoms with Crippen LogP contribution >= 0.6 is 11.8 Å². The minimum absolute atomic E-state index is 0.0285. The number of aromatic hydroxyl groups is 1. The number of primary amides is 3. The molecular weight excluding hydrogens is 967 g/mol. The van der Waals surface area contributed by atoms with Gasteiger partial charge in [-0.1, -0.05) is 76.1 Å². The Morgan fingerprint density at radius 2 is 1.45 bits per heavy atom. The number of rotatable bonds is 20. The topological polar surface area (TPSA) is 374 Å². The maximum Gasteiger partial charge on any atom is 0.246 e. The number of nitrogens with one attached hydrogen (secondary N) is 7. The summed E-state index contributed by atoms with van der Waals surface area (Å²) in [4.78, 5) is 149. The van der Waals surface area contributed by atoms with Gasteiger partial charge < -0.3 is 64.4 Å². The second kappa shape index (κ2) is 29.9. The van der Waals surface area contributed by atoms with E-state index in [1.54, 1.807) is 44.2 Å². The van der Waals surface area contributed by atoms with E-state index < -0.39 is 139 Å². The monoisotopic (exact) mass is 1040 g/mol. The number of hydrogen-bond acceptors (Lipinski definition) is 13. The molecule has 2 aromatic carbocycles. The highest BCUT2D eigenvalue weighted by atomic mass is 32.2. The Morgan fingerprint density at radius 1 is 0.795 bits per heavy atom. The number of phenolic OH excluding ortho intramolecular Hbond substituents is 1. The van der Waals surface area contributed by atoms with E-state index in [0.29, 0.717) is 17.5 Å². The van der Waals surface area contributed by atoms with E-state index in [1.807, 2.05) is 26.8 Å². The van der Waals surface area contributed by atoms with Crippen molar-refractivity contribution in [1.82, 2.24) is 42.1 Å². The lowest BCUT2D eigenvalue weighted by atomic mass is 9.96. The number of amides is 11. The minimum Gasteiger partial charge on any atom is -0.508 e. The molecule has 0 aromatic heterocycles. The molecule has 2 aromatic rings. The Labute approximate surface area is 428 Å². The van der Waals surface area contributed by atoms with E-state index in [4.69, 9.17) is 17.2 Å². The van der Waals surface area contributed by atoms with Gasteiger partial charge in [0.15, 0.2) is 0 Å². The highest BCUT2D eigenvalue weighted by molar-refractivity contribution is 7.99. The van der Waals surface area contributed by atoms with Gasteiger partial charge in [-0.2, -0.15) is 11.8 Å². The Balaban J connectivity index is 2.11. The number of benzene rings is 2. The molecule has 1 heterocycles. The number of carbonyl (C=O) groups excluding carboxylic acids is 11. The summed E-state index contributed by atoms with van der Waals surface area (Å²) in [5, 5.41) is 27.9. The average molecular weight is 1040 g/mol. The van der Waals surface area contributed by atoms with Gasteiger partial charge in [-0.05, 0) is 67.0 Å². The van der Waals surface area contributed by atoms with Gasteiger partial charge >= 0.3 is 0 Å². The van der Waals surface area contributed by atoms with Crippen LogP contribution in [0, 0.1) is 18.8 Å². The van der Waals surface area contributed by atoms with Gasteiger partial charge in [0.2, 0.25) is 65.0 Å². The highest BCUT2D eigenvalue weighted by Crippen LogP contribution is 2.17. The molecule has 0 unspecified atom stereocenters. The first-order valence-electron chi connectivity index (χ1n) is 24.1. The Kier molecular flexibility index (Phi) is 24.6. The molecule has 1 aliphatic heterocycles. The predicted octanol–water partition coefficient (Wildman–Crippen LogP) is -1.46. The van der Waals surface area contributed by atoms with Gasteiger partial charge in [0.05, 0.1) is 19.5 Å². The third kappa shape index (κ3) is 21.6. The van der Waals surface area contributed by atoms with Gasteiger partial charge in [-0.25, -0.2) is 0 Å². The molecule has 0 saturated carbocycles. The van der Waals surface area contributed by atoms with Crippen LogP contribution in [0.2, 0.25) is 0 Å². The van der Waals surface area contributed by atoms with E-state index in [0.717, 1.165) is 22.2 Å². The molecule has 73 heavy (non-hydrogen) atoms. The molecule has 23 nitrogen and oxygen atoms in total. The van der Waals surface area contributed by atoms with Gasteiger partial charge in [0.1, 0.15) is 42.0 Å². The Morgan fingerprint density at radius 3 is 2.07 bits per heavy atom. The van der Waals surface area contributed by atoms with Gasteiger partial charge in [-0.3, -0.25) is 52.7 Å². The number of aryl methyl sites for hydroxylation is 1. The van der Waals surface area contributed by atoms with E-state index in [2.05, 4.69) is 37.2 Å². The van der Waals surface area contributed by atoms with Crippen LogP contribution in [0.4, 0.5) is 0 Å². The van der Waals surface area contributed by atoms with E-state index in [-0.39, 0.29) is 55.4 Å². The molecule has 24 heteroatoms. The molecule has 1 fully saturated rings. The van der Waals surface area contributed by atoms with Crippen molar-refractivity contribution in [2.24, 2.45) is 29.0 Å². The lowest BCUT2D eigenvalue weighted by Gasteiger charge is -2.30. The van der Waals surface area contributed by atoms with Crippen molar-refractivity contribution < 1.29 is 57.8 Å². The zero-order chi connectivity index (χ0) is 54.4. The first kappa shape index (κ1) is 60.1. The van der Waals surface area contributed by atoms with Crippen LogP contribution < -0.4 is 54.4 Å². The first-order valence-corrected chi connectivity index (χ1v) is 25.2. The minimum atomic E-state index is -1.76. The van der Waals surface area contributed by atoms with Gasteiger partial charge in [0, 0.05) is 31.6 Å². The van der Waals surface area contributed by atoms with Crippen molar-refractivity contribution >= 4 is 76.7 Å². The molecule has 3 rings (SSSR count). The van der Waals surface area contributed by atoms with Crippen molar-refractivity contribution in [1.29, 1.82) is 0 Å². The third-order valence-corrected chi connectivity index (χ3v) is 12.8. The molecule has 400 valence electrons. The number of phenols is 1. The van der Waals surface area contributed by atoms with Crippen molar-refractivity contribution in [3.05, 3.63) is 65.2 Å². The molecule has 0 spiro atoms. The number of hydrogen-bond donors (Lipinski definition) is 11. The standard InChI is InChI=1S/C49H71N11O12S/c1-6-29(5)43-48(71)56-33(16-17-38(50)62)45(68)57-36(22-39(51)63)46(69)58-37(26-73-18-8-11-41(65)54-35(47(70)59-43)21-30-12-14-32(61)15-13-30)49(72)60(24-31-10-7-9-28(4)20-31)25-42(66)55-34(19-27(2)3)44(67)53-23-40(52)64/h7,9-10,12-15,20,27,29,33-37,43,61H,6,8,11,16-19,21-26H2,1-5H3,(H2,50,62)(H2,51,63)(H2,52,64)(H,53,67)(H,54,65)(H,55,66)(H,56,71)(H,57,68)(H,58,69)(H,59,70)/t29-,33-,34-,35-,36-,37-,43-/m0/s1. The summed E-state index contributed by atoms with van der Waals surface area (Å²) in [6, 6.07) is 4.53. The fourth-order valence-corrected chi connectivity index (χ4v) is 8.64. The maximum atomic E-state index is 14.9. The van der Waals surface area contributed by atoms with Crippen molar-refractivity contribution in [3.8, 4) is 5.75 Å². The summed E-state index contributed by atoms with van der Waals surface area (Å²) in [7, 11) is 0. The normalized spacial score (nSPS) is 20.4. The van der Waals surface area contributed by atoms with Crippen LogP contribution in [0.25, 0.3) is 0 Å². The van der Waals surface area contributed by atoms with E-state index >= 15 is 0 Å². The van der Waals surface area contributed by atoms with Crippen molar-refractivity contribution in [2.45, 2.75) is 129 Å². The summed E-state index contributed by atoms with van der Waals surface area (Å²) in [5.74, 6) is -9.86. The highest BCUT2D eigenvalue weighted by Gasteiger charge is 2.36. The predicted molar refractivity (Wildman–Crippen MR) is 270 cm³/mol. The lowest BCUT2D eigenvalue weighted by Crippen LogP contribution is -2.61. The van der Waals surface area contributed by atoms with E-state index in [9.17, 15) is 57.8 Å². The average Bonchev–Trinajstić information content (AvgIpc) is 3.31. The molecule has 1 saturated heterocycles. The summed E-state index contributed by atoms with van der Waals surface area (Å²) < 4.78 is 0. The second-order valence-corrected chi connectivity index (χ2v) is 19.7. The molecule has 0 aliphatic carbocycles. The largest absolute Gasteiger partial charge is 0.508 e. The molecule has 11 amide bonds. The molecule has 0 radical (unpaired) electrons. The first-order chi connectivity index (χ1) is 34.4. The number of nitrogens with zero attached hydrogens (tertiary/aromatic N) is 1. The summed E-state index contributed by atoms with van der Waals surface area (Å²) in [6.07, 6.45) is -1.06. The van der Waals surface area contributed by atoms with Crippen LogP contribution in [-0.4, -0.2) is 136 Å². The molecule has 0 bridgehead atoms. The maximum absolute atomic E-state index is 14.9. The van der Waals surface area contributed by atoms with Gasteiger partial charge in [0.25, 0.3) is 0 Å². The quantitative estimate of drug-likeness (QED) is 0.0724. The Bertz CT molecular complexity index is 2300. The fraction of sp³-hybridized carbons (Fsp3) is 0.531. The summed E-state index contributed by atoms with van der Waals surface area (Å²) in [6.45, 7) is 7.58. The smallest absolute Gasteiger partial charge is 0.246 e. The zero-order valence-electron chi connectivity index (χ0n) is 42.0. The number of thioether (sulfide) groups is 1. The number of nitrogens with two attached hydrogens (primary N) is 3. The fourth-order valence-electron chi connectivity index (χ4n) is 7.66. The van der Waals surface area contributed by atoms with Crippen molar-refractivity contribution in [2.75, 3.05) is 24.6 Å². The lowest BCUT2D eigenvalue weighted by molar-refractivity contribution is -0.141. The van der Waals surface area contributed by atoms with Crippen LogP contribution in [0.1, 0.15) is 89.3 Å². The van der Waals surface area contributed by atoms with Gasteiger partial charge in [-0.15, -0.1) is 0 Å². The molecule has 1 aliphatic rings. The molecule has 14 N–H and O–H groups in total. The van der Waals surface area contributed by atoms with Crippen LogP contribution in [0.3, 0.4) is 0 Å². The van der Waals surface area contributed by atoms with Crippen molar-refractivity contribution in [3.63, 3.8) is 0 Å². The van der Waals surface area contributed by atoms with Crippen LogP contribution in [0.15, 0.2) is 48.5 Å². The molecule has 7 atom stereocenters. The number of carbonyl (C=O) groups is 11. The zero-order valence-corrected chi connectivity index (χ0v) is 42.8. The second-order valence-electron chi connectivity index (χ2n) is 18.5. The summed E-state index contributed by atoms with van der Waals surface area (Å²) in [5.41, 5.74) is 18.2. The molecular formula is C49H71N11O12S. The van der Waals surface area contributed by atoms with E-state index in [1.165, 1.54) is 12.1 Å².